The van der Waals surface area contributed by atoms with Crippen LogP contribution in [0.25, 0.3) is 0 Å². The van der Waals surface area contributed by atoms with E-state index in [2.05, 4.69) is 32.3 Å². The van der Waals surface area contributed by atoms with Crippen molar-refractivity contribution in [3.8, 4) is 0 Å². The van der Waals surface area contributed by atoms with Crippen LogP contribution < -0.4 is 10.6 Å². The zero-order chi connectivity index (χ0) is 22.3. The number of hydrogen-bond donors (Lipinski definition) is 2. The third kappa shape index (κ3) is 7.46. The van der Waals surface area contributed by atoms with Crippen molar-refractivity contribution in [2.45, 2.75) is 38.0 Å². The van der Waals surface area contributed by atoms with Crippen LogP contribution in [0.1, 0.15) is 36.9 Å². The molecule has 2 saturated heterocycles. The third-order valence-corrected chi connectivity index (χ3v) is 6.21. The number of aliphatic imine (C=N–C) groups is 1. The largest absolute Gasteiger partial charge is 0.416 e. The van der Waals surface area contributed by atoms with Gasteiger partial charge in [0.25, 0.3) is 0 Å². The number of nitrogens with zero attached hydrogens (tertiary/aromatic N) is 3. The van der Waals surface area contributed by atoms with E-state index >= 15 is 0 Å². The zero-order valence-electron chi connectivity index (χ0n) is 18.8. The molecule has 0 bridgehead atoms. The van der Waals surface area contributed by atoms with Crippen molar-refractivity contribution in [3.63, 3.8) is 0 Å². The van der Waals surface area contributed by atoms with Gasteiger partial charge >= 0.3 is 6.18 Å². The first-order valence-corrected chi connectivity index (χ1v) is 11.1. The number of morpholine rings is 1. The van der Waals surface area contributed by atoms with Gasteiger partial charge in [-0.05, 0) is 43.6 Å². The van der Waals surface area contributed by atoms with Crippen molar-refractivity contribution in [1.82, 2.24) is 20.4 Å². The normalized spacial score (nSPS) is 21.8. The van der Waals surface area contributed by atoms with Gasteiger partial charge in [0.2, 0.25) is 0 Å². The quantitative estimate of drug-likeness (QED) is 0.300. The highest BCUT2D eigenvalue weighted by molar-refractivity contribution is 14.0. The first-order valence-electron chi connectivity index (χ1n) is 11.1. The minimum absolute atomic E-state index is 0. The van der Waals surface area contributed by atoms with Crippen LogP contribution in [0, 0.1) is 0 Å². The van der Waals surface area contributed by atoms with Crippen LogP contribution in [0.15, 0.2) is 29.3 Å². The lowest BCUT2D eigenvalue weighted by Crippen LogP contribution is -2.48. The third-order valence-electron chi connectivity index (χ3n) is 6.21. The summed E-state index contributed by atoms with van der Waals surface area (Å²) in [6, 6.07) is 5.93. The van der Waals surface area contributed by atoms with Crippen LogP contribution in [0.4, 0.5) is 13.2 Å². The topological polar surface area (TPSA) is 52.1 Å². The molecule has 0 spiro atoms. The molecule has 2 unspecified atom stereocenters. The molecule has 182 valence electrons. The average molecular weight is 569 g/mol. The second-order valence-electron chi connectivity index (χ2n) is 8.04. The fourth-order valence-corrected chi connectivity index (χ4v) is 4.41. The number of ether oxygens (including phenoxy) is 1. The van der Waals surface area contributed by atoms with E-state index in [-0.39, 0.29) is 30.0 Å². The van der Waals surface area contributed by atoms with Crippen molar-refractivity contribution < 1.29 is 17.9 Å². The summed E-state index contributed by atoms with van der Waals surface area (Å²) in [6.45, 7) is 8.48. The van der Waals surface area contributed by atoms with E-state index in [1.165, 1.54) is 12.8 Å². The van der Waals surface area contributed by atoms with Crippen LogP contribution in [0.2, 0.25) is 0 Å². The molecule has 1 aromatic rings. The molecule has 32 heavy (non-hydrogen) atoms. The van der Waals surface area contributed by atoms with Crippen molar-refractivity contribution in [2.75, 3.05) is 59.5 Å². The van der Waals surface area contributed by atoms with Gasteiger partial charge in [0.15, 0.2) is 5.96 Å². The van der Waals surface area contributed by atoms with Crippen LogP contribution in [0.5, 0.6) is 0 Å². The minimum Gasteiger partial charge on any atom is -0.379 e. The highest BCUT2D eigenvalue weighted by atomic mass is 127. The second-order valence-corrected chi connectivity index (χ2v) is 8.04. The molecule has 2 heterocycles. The Morgan fingerprint density at radius 1 is 1.16 bits per heavy atom. The van der Waals surface area contributed by atoms with Crippen LogP contribution in [-0.2, 0) is 10.9 Å². The molecule has 2 aliphatic heterocycles. The number of benzene rings is 1. The maximum Gasteiger partial charge on any atom is 0.416 e. The molecular formula is C22H35F3IN5O. The Morgan fingerprint density at radius 3 is 2.44 bits per heavy atom. The molecule has 1 aromatic carbocycles. The summed E-state index contributed by atoms with van der Waals surface area (Å²) >= 11 is 0. The number of halogens is 4. The van der Waals surface area contributed by atoms with Crippen molar-refractivity contribution in [2.24, 2.45) is 4.99 Å². The molecule has 2 fully saturated rings. The minimum atomic E-state index is -4.33. The van der Waals surface area contributed by atoms with Gasteiger partial charge in [0, 0.05) is 39.3 Å². The lowest BCUT2D eigenvalue weighted by molar-refractivity contribution is -0.137. The van der Waals surface area contributed by atoms with E-state index in [1.54, 1.807) is 19.2 Å². The van der Waals surface area contributed by atoms with Crippen LogP contribution in [-0.4, -0.2) is 81.3 Å². The monoisotopic (exact) mass is 569 g/mol. The van der Waals surface area contributed by atoms with E-state index in [4.69, 9.17) is 4.74 Å². The van der Waals surface area contributed by atoms with E-state index in [1.807, 2.05) is 0 Å². The lowest BCUT2D eigenvalue weighted by atomic mass is 10.0. The van der Waals surface area contributed by atoms with Gasteiger partial charge in [-0.2, -0.15) is 13.2 Å². The first-order chi connectivity index (χ1) is 14.9. The molecule has 0 saturated carbocycles. The molecule has 0 aliphatic carbocycles. The molecule has 0 amide bonds. The van der Waals surface area contributed by atoms with Gasteiger partial charge in [0.05, 0.1) is 24.8 Å². The van der Waals surface area contributed by atoms with Crippen LogP contribution in [0.3, 0.4) is 0 Å². The number of rotatable bonds is 7. The van der Waals surface area contributed by atoms with Gasteiger partial charge in [-0.25, -0.2) is 0 Å². The van der Waals surface area contributed by atoms with Crippen LogP contribution >= 0.6 is 24.0 Å². The Hall–Kier alpha value is -1.11. The van der Waals surface area contributed by atoms with Gasteiger partial charge in [-0.1, -0.05) is 19.1 Å². The Balaban J connectivity index is 0.00000363. The summed E-state index contributed by atoms with van der Waals surface area (Å²) in [5, 5.41) is 6.80. The summed E-state index contributed by atoms with van der Waals surface area (Å²) in [5.41, 5.74) is 0.227. The number of nitrogens with one attached hydrogen (secondary N) is 2. The average Bonchev–Trinajstić information content (AvgIpc) is 3.24. The molecule has 10 heteroatoms. The summed E-state index contributed by atoms with van der Waals surface area (Å²) in [7, 11) is 1.74. The molecule has 3 rings (SSSR count). The number of likely N-dealkylation sites (tertiary alicyclic amines) is 1. The SMILES string of the molecule is CCN1CCCC1CNC(=NC)NCC(c1ccc(C(F)(F)F)cc1)N1CCOCC1.I. The Kier molecular flexibility index (Phi) is 11.0. The smallest absolute Gasteiger partial charge is 0.379 e. The first kappa shape index (κ1) is 27.1. The molecule has 0 radical (unpaired) electrons. The molecule has 6 nitrogen and oxygen atoms in total. The fraction of sp³-hybridized carbons (Fsp3) is 0.682. The summed E-state index contributed by atoms with van der Waals surface area (Å²) in [4.78, 5) is 9.06. The molecule has 2 N–H and O–H groups in total. The lowest BCUT2D eigenvalue weighted by Gasteiger charge is -2.35. The highest BCUT2D eigenvalue weighted by Crippen LogP contribution is 2.31. The standard InChI is InChI=1S/C22H34F3N5O.HI/c1-3-29-10-4-5-19(29)15-27-21(26-2)28-16-20(30-11-13-31-14-12-30)17-6-8-18(9-7-17)22(23,24)25;/h6-9,19-20H,3-5,10-16H2,1-2H3,(H2,26,27,28);1H. The Labute approximate surface area is 206 Å². The van der Waals surface area contributed by atoms with E-state index in [9.17, 15) is 13.2 Å². The molecule has 2 atom stereocenters. The van der Waals surface area contributed by atoms with Gasteiger partial charge in [0.1, 0.15) is 0 Å². The molecular weight excluding hydrogens is 534 g/mol. The maximum absolute atomic E-state index is 13.0. The zero-order valence-corrected chi connectivity index (χ0v) is 21.2. The fourth-order valence-electron chi connectivity index (χ4n) is 4.41. The van der Waals surface area contributed by atoms with Gasteiger partial charge < -0.3 is 15.4 Å². The summed E-state index contributed by atoms with van der Waals surface area (Å²) in [6.07, 6.45) is -1.93. The molecule has 2 aliphatic rings. The summed E-state index contributed by atoms with van der Waals surface area (Å²) in [5.74, 6) is 0.716. The van der Waals surface area contributed by atoms with E-state index in [0.717, 1.165) is 50.4 Å². The van der Waals surface area contributed by atoms with E-state index in [0.29, 0.717) is 31.8 Å². The Morgan fingerprint density at radius 2 is 1.84 bits per heavy atom. The van der Waals surface area contributed by atoms with Crippen molar-refractivity contribution >= 4 is 29.9 Å². The molecule has 0 aromatic heterocycles. The maximum atomic E-state index is 13.0. The highest BCUT2D eigenvalue weighted by Gasteiger charge is 2.31. The number of likely N-dealkylation sites (N-methyl/N-ethyl adjacent to an activating group) is 1. The second kappa shape index (κ2) is 13.0. The van der Waals surface area contributed by atoms with E-state index < -0.39 is 11.7 Å². The number of alkyl halides is 3. The van der Waals surface area contributed by atoms with Crippen molar-refractivity contribution in [3.05, 3.63) is 35.4 Å². The number of hydrogen-bond acceptors (Lipinski definition) is 4. The Bertz CT molecular complexity index is 711. The predicted octanol–water partition coefficient (Wildman–Crippen LogP) is 3.35. The van der Waals surface area contributed by atoms with Gasteiger partial charge in [-0.15, -0.1) is 24.0 Å². The summed E-state index contributed by atoms with van der Waals surface area (Å²) < 4.78 is 44.4. The van der Waals surface area contributed by atoms with Gasteiger partial charge in [-0.3, -0.25) is 14.8 Å². The van der Waals surface area contributed by atoms with Crippen molar-refractivity contribution in [1.29, 1.82) is 0 Å². The predicted molar refractivity (Wildman–Crippen MR) is 132 cm³/mol. The number of guanidine groups is 1.